The molecule has 0 amide bonds. The Hall–Kier alpha value is -4.21. The van der Waals surface area contributed by atoms with Crippen LogP contribution < -0.4 is 10.2 Å². The molecule has 9 heteroatoms. The first kappa shape index (κ1) is 30.7. The van der Waals surface area contributed by atoms with Gasteiger partial charge in [-0.05, 0) is 72.6 Å². The predicted octanol–water partition coefficient (Wildman–Crippen LogP) is 5.36. The van der Waals surface area contributed by atoms with Crippen molar-refractivity contribution in [3.63, 3.8) is 0 Å². The molecule has 1 aromatic heterocycles. The maximum Gasteiger partial charge on any atom is 0.238 e. The molecule has 0 spiro atoms. The molecule has 0 saturated carbocycles. The molecule has 0 aliphatic heterocycles. The van der Waals surface area contributed by atoms with Crippen LogP contribution in [-0.4, -0.2) is 49.5 Å². The van der Waals surface area contributed by atoms with Crippen molar-refractivity contribution in [1.82, 2.24) is 0 Å². The Morgan fingerprint density at radius 3 is 2.33 bits per heavy atom. The summed E-state index contributed by atoms with van der Waals surface area (Å²) in [7, 11) is 0. The first-order chi connectivity index (χ1) is 20.0. The van der Waals surface area contributed by atoms with Crippen molar-refractivity contribution in [2.24, 2.45) is 5.92 Å². The standard InChI is InChI=1S/C33H38O9/c1-4-25(37)26(9-6-10-34)41-27-16-24(36)17-28-29(27)31(39)32(40)33(42-28)22-14-20(11-18(2)3)30(38)21(15-22)12-19-7-5-8-23(35)13-19/h5,7-8,13-18,25-26,34-38,40H,4,6,9-12H2,1-3H3/t25-,26-/m0/s1. The van der Waals surface area contributed by atoms with Gasteiger partial charge in [0, 0.05) is 30.7 Å². The Labute approximate surface area is 243 Å². The maximum absolute atomic E-state index is 13.6. The minimum absolute atomic E-state index is 0.0392. The van der Waals surface area contributed by atoms with Crippen LogP contribution >= 0.6 is 0 Å². The fourth-order valence-corrected chi connectivity index (χ4v) is 5.10. The molecule has 224 valence electrons. The van der Waals surface area contributed by atoms with Gasteiger partial charge >= 0.3 is 0 Å². The molecule has 6 N–H and O–H groups in total. The first-order valence-corrected chi connectivity index (χ1v) is 14.1. The van der Waals surface area contributed by atoms with E-state index < -0.39 is 23.4 Å². The number of phenolic OH excluding ortho intramolecular Hbond substituents is 3. The van der Waals surface area contributed by atoms with Gasteiger partial charge in [-0.1, -0.05) is 32.9 Å². The van der Waals surface area contributed by atoms with E-state index in [2.05, 4.69) is 0 Å². The van der Waals surface area contributed by atoms with Crippen molar-refractivity contribution in [1.29, 1.82) is 0 Å². The topological polar surface area (TPSA) is 161 Å². The summed E-state index contributed by atoms with van der Waals surface area (Å²) in [6.45, 7) is 5.67. The number of benzene rings is 3. The Bertz CT molecular complexity index is 1610. The highest BCUT2D eigenvalue weighted by atomic mass is 16.5. The molecule has 9 nitrogen and oxygen atoms in total. The van der Waals surface area contributed by atoms with Crippen molar-refractivity contribution in [3.8, 4) is 40.1 Å². The lowest BCUT2D eigenvalue weighted by atomic mass is 9.93. The van der Waals surface area contributed by atoms with Gasteiger partial charge in [0.25, 0.3) is 0 Å². The maximum atomic E-state index is 13.6. The fraction of sp³-hybridized carbons (Fsp3) is 0.364. The van der Waals surface area contributed by atoms with Crippen molar-refractivity contribution < 1.29 is 39.8 Å². The zero-order chi connectivity index (χ0) is 30.6. The number of aliphatic hydroxyl groups is 2. The predicted molar refractivity (Wildman–Crippen MR) is 159 cm³/mol. The Kier molecular flexibility index (Phi) is 9.65. The lowest BCUT2D eigenvalue weighted by Crippen LogP contribution is -2.31. The average Bonchev–Trinajstić information content (AvgIpc) is 2.94. The highest BCUT2D eigenvalue weighted by Crippen LogP contribution is 2.39. The Morgan fingerprint density at radius 1 is 0.929 bits per heavy atom. The van der Waals surface area contributed by atoms with Crippen molar-refractivity contribution in [2.75, 3.05) is 6.61 Å². The molecule has 42 heavy (non-hydrogen) atoms. The van der Waals surface area contributed by atoms with Crippen LogP contribution in [0.15, 0.2) is 57.7 Å². The van der Waals surface area contributed by atoms with E-state index in [0.29, 0.717) is 42.4 Å². The molecule has 0 bridgehead atoms. The summed E-state index contributed by atoms with van der Waals surface area (Å²) in [6.07, 6.45) is 0.129. The highest BCUT2D eigenvalue weighted by molar-refractivity contribution is 5.88. The van der Waals surface area contributed by atoms with E-state index in [1.165, 1.54) is 12.1 Å². The van der Waals surface area contributed by atoms with Gasteiger partial charge < -0.3 is 39.8 Å². The minimum Gasteiger partial charge on any atom is -0.508 e. The van der Waals surface area contributed by atoms with Crippen LogP contribution in [0, 0.1) is 5.92 Å². The molecule has 4 rings (SSSR count). The Morgan fingerprint density at radius 2 is 1.67 bits per heavy atom. The molecule has 0 fully saturated rings. The first-order valence-electron chi connectivity index (χ1n) is 14.1. The third-order valence-electron chi connectivity index (χ3n) is 7.16. The number of phenols is 3. The van der Waals surface area contributed by atoms with Gasteiger partial charge in [-0.25, -0.2) is 0 Å². The lowest BCUT2D eigenvalue weighted by Gasteiger charge is -2.24. The number of aliphatic hydroxyl groups excluding tert-OH is 2. The van der Waals surface area contributed by atoms with Crippen LogP contribution in [-0.2, 0) is 12.8 Å². The fourth-order valence-electron chi connectivity index (χ4n) is 5.10. The molecule has 2 atom stereocenters. The summed E-state index contributed by atoms with van der Waals surface area (Å²) in [6, 6.07) is 12.4. The van der Waals surface area contributed by atoms with Gasteiger partial charge in [0.15, 0.2) is 5.76 Å². The summed E-state index contributed by atoms with van der Waals surface area (Å²) in [4.78, 5) is 13.6. The zero-order valence-corrected chi connectivity index (χ0v) is 24.0. The van der Waals surface area contributed by atoms with Crippen LogP contribution in [0.25, 0.3) is 22.3 Å². The molecule has 3 aromatic carbocycles. The van der Waals surface area contributed by atoms with Crippen molar-refractivity contribution in [3.05, 3.63) is 75.4 Å². The quantitative estimate of drug-likeness (QED) is 0.130. The second-order valence-electron chi connectivity index (χ2n) is 11.0. The van der Waals surface area contributed by atoms with E-state index in [4.69, 9.17) is 9.15 Å². The molecule has 1 heterocycles. The molecule has 0 radical (unpaired) electrons. The molecule has 0 unspecified atom stereocenters. The van der Waals surface area contributed by atoms with Crippen molar-refractivity contribution in [2.45, 2.75) is 65.1 Å². The summed E-state index contributed by atoms with van der Waals surface area (Å²) in [5, 5.41) is 62.3. The van der Waals surface area contributed by atoms with E-state index in [-0.39, 0.29) is 58.7 Å². The number of hydrogen-bond acceptors (Lipinski definition) is 9. The van der Waals surface area contributed by atoms with Crippen LogP contribution in [0.5, 0.6) is 28.7 Å². The van der Waals surface area contributed by atoms with Crippen molar-refractivity contribution >= 4 is 11.0 Å². The monoisotopic (exact) mass is 578 g/mol. The van der Waals surface area contributed by atoms with Crippen LogP contribution in [0.2, 0.25) is 0 Å². The minimum atomic E-state index is -0.893. The Balaban J connectivity index is 1.87. The van der Waals surface area contributed by atoms with E-state index in [9.17, 15) is 35.4 Å². The molecule has 0 aliphatic rings. The van der Waals surface area contributed by atoms with E-state index in [1.54, 1.807) is 37.3 Å². The summed E-state index contributed by atoms with van der Waals surface area (Å²) < 4.78 is 12.0. The average molecular weight is 579 g/mol. The van der Waals surface area contributed by atoms with Gasteiger partial charge in [-0.3, -0.25) is 4.79 Å². The van der Waals surface area contributed by atoms with Gasteiger partial charge in [-0.15, -0.1) is 0 Å². The highest BCUT2D eigenvalue weighted by Gasteiger charge is 2.25. The molecule has 4 aromatic rings. The number of ether oxygens (including phenoxy) is 1. The third-order valence-corrected chi connectivity index (χ3v) is 7.16. The van der Waals surface area contributed by atoms with Crippen LogP contribution in [0.1, 0.15) is 56.7 Å². The number of fused-ring (bicyclic) bond motifs is 1. The number of rotatable bonds is 12. The second-order valence-corrected chi connectivity index (χ2v) is 11.0. The number of aromatic hydroxyl groups is 4. The molecular weight excluding hydrogens is 540 g/mol. The van der Waals surface area contributed by atoms with Gasteiger partial charge in [0.1, 0.15) is 40.1 Å². The molecular formula is C33H38O9. The molecule has 0 saturated heterocycles. The lowest BCUT2D eigenvalue weighted by molar-refractivity contribution is 0.0262. The van der Waals surface area contributed by atoms with Gasteiger partial charge in [0.2, 0.25) is 11.2 Å². The summed E-state index contributed by atoms with van der Waals surface area (Å²) in [5.41, 5.74) is 1.38. The summed E-state index contributed by atoms with van der Waals surface area (Å²) >= 11 is 0. The smallest absolute Gasteiger partial charge is 0.238 e. The third kappa shape index (κ3) is 6.80. The number of hydrogen-bond donors (Lipinski definition) is 6. The second kappa shape index (κ2) is 13.2. The van der Waals surface area contributed by atoms with E-state index in [1.807, 2.05) is 19.9 Å². The van der Waals surface area contributed by atoms with Gasteiger partial charge in [-0.2, -0.15) is 0 Å². The SMILES string of the molecule is CC[C@H](O)[C@H](CCCO)Oc1cc(O)cc2oc(-c3cc(Cc4cccc(O)c4)c(O)c(CC(C)C)c3)c(O)c(=O)c12. The van der Waals surface area contributed by atoms with E-state index in [0.717, 1.165) is 5.56 Å². The normalized spacial score (nSPS) is 13.0. The van der Waals surface area contributed by atoms with Gasteiger partial charge in [0.05, 0.1) is 6.10 Å². The van der Waals surface area contributed by atoms with Crippen LogP contribution in [0.3, 0.4) is 0 Å². The largest absolute Gasteiger partial charge is 0.508 e. The van der Waals surface area contributed by atoms with E-state index >= 15 is 0 Å². The molecule has 0 aliphatic carbocycles. The van der Waals surface area contributed by atoms with Crippen LogP contribution in [0.4, 0.5) is 0 Å². The zero-order valence-electron chi connectivity index (χ0n) is 24.0. The summed E-state index contributed by atoms with van der Waals surface area (Å²) in [5.74, 6) is -0.776.